The molecular formula is C15H18ClNS. The minimum absolute atomic E-state index is 0.522. The van der Waals surface area contributed by atoms with Gasteiger partial charge in [0, 0.05) is 17.5 Å². The van der Waals surface area contributed by atoms with Crippen LogP contribution in [0.25, 0.3) is 0 Å². The number of rotatable bonds is 6. The average Bonchev–Trinajstić information content (AvgIpc) is 2.81. The molecule has 0 aliphatic carbocycles. The van der Waals surface area contributed by atoms with Crippen LogP contribution in [0.5, 0.6) is 0 Å². The summed E-state index contributed by atoms with van der Waals surface area (Å²) in [5, 5.41) is 3.60. The molecule has 0 saturated heterocycles. The van der Waals surface area contributed by atoms with E-state index < -0.39 is 0 Å². The van der Waals surface area contributed by atoms with Crippen LogP contribution in [0.4, 0.5) is 0 Å². The van der Waals surface area contributed by atoms with Crippen molar-refractivity contribution in [1.82, 2.24) is 5.32 Å². The Morgan fingerprint density at radius 3 is 2.56 bits per heavy atom. The first-order chi connectivity index (χ1) is 8.78. The third-order valence-electron chi connectivity index (χ3n) is 3.01. The van der Waals surface area contributed by atoms with Gasteiger partial charge in [-0.2, -0.15) is 0 Å². The molecule has 0 aliphatic rings. The third-order valence-corrected chi connectivity index (χ3v) is 4.24. The fourth-order valence-corrected chi connectivity index (χ4v) is 2.99. The molecule has 0 amide bonds. The molecule has 1 heterocycles. The average molecular weight is 280 g/mol. The summed E-state index contributed by atoms with van der Waals surface area (Å²) in [7, 11) is 0. The lowest BCUT2D eigenvalue weighted by Gasteiger charge is -2.16. The van der Waals surface area contributed by atoms with Crippen LogP contribution in [0.1, 0.15) is 23.8 Å². The van der Waals surface area contributed by atoms with Crippen molar-refractivity contribution >= 4 is 22.9 Å². The standard InChI is InChI=1S/C15H18ClNS/c1-2-13(10-12-6-4-3-5-7-12)17-11-14-8-9-15(16)18-14/h3-9,13,17H,2,10-11H2,1H3. The van der Waals surface area contributed by atoms with Gasteiger partial charge in [-0.1, -0.05) is 48.9 Å². The van der Waals surface area contributed by atoms with E-state index in [1.807, 2.05) is 6.07 Å². The van der Waals surface area contributed by atoms with Crippen molar-refractivity contribution in [1.29, 1.82) is 0 Å². The third kappa shape index (κ3) is 4.13. The highest BCUT2D eigenvalue weighted by Gasteiger charge is 2.07. The normalized spacial score (nSPS) is 12.6. The van der Waals surface area contributed by atoms with Gasteiger partial charge < -0.3 is 5.32 Å². The van der Waals surface area contributed by atoms with Gasteiger partial charge in [0.1, 0.15) is 0 Å². The first kappa shape index (κ1) is 13.6. The Kier molecular flexibility index (Phi) is 5.24. The van der Waals surface area contributed by atoms with Gasteiger partial charge in [-0.05, 0) is 30.5 Å². The molecule has 1 nitrogen and oxygen atoms in total. The van der Waals surface area contributed by atoms with E-state index in [4.69, 9.17) is 11.6 Å². The van der Waals surface area contributed by atoms with Crippen LogP contribution in [-0.2, 0) is 13.0 Å². The Balaban J connectivity index is 1.86. The summed E-state index contributed by atoms with van der Waals surface area (Å²) >= 11 is 7.58. The van der Waals surface area contributed by atoms with Gasteiger partial charge in [0.25, 0.3) is 0 Å². The molecule has 0 aliphatic heterocycles. The van der Waals surface area contributed by atoms with Crippen molar-refractivity contribution in [3.05, 3.63) is 57.2 Å². The van der Waals surface area contributed by atoms with Crippen molar-refractivity contribution in [3.63, 3.8) is 0 Å². The van der Waals surface area contributed by atoms with E-state index in [0.29, 0.717) is 6.04 Å². The molecule has 1 aromatic heterocycles. The highest BCUT2D eigenvalue weighted by molar-refractivity contribution is 7.16. The monoisotopic (exact) mass is 279 g/mol. The number of hydrogen-bond donors (Lipinski definition) is 1. The molecule has 0 fully saturated rings. The summed E-state index contributed by atoms with van der Waals surface area (Å²) in [6, 6.07) is 15.2. The molecule has 18 heavy (non-hydrogen) atoms. The molecule has 0 spiro atoms. The molecule has 1 N–H and O–H groups in total. The lowest BCUT2D eigenvalue weighted by molar-refractivity contribution is 0.497. The Morgan fingerprint density at radius 1 is 1.17 bits per heavy atom. The Morgan fingerprint density at radius 2 is 1.94 bits per heavy atom. The van der Waals surface area contributed by atoms with Crippen LogP contribution < -0.4 is 5.32 Å². The highest BCUT2D eigenvalue weighted by Crippen LogP contribution is 2.21. The summed E-state index contributed by atoms with van der Waals surface area (Å²) in [6.45, 7) is 3.13. The van der Waals surface area contributed by atoms with E-state index in [-0.39, 0.29) is 0 Å². The minimum atomic E-state index is 0.522. The van der Waals surface area contributed by atoms with E-state index in [1.54, 1.807) is 11.3 Å². The first-order valence-corrected chi connectivity index (χ1v) is 7.49. The van der Waals surface area contributed by atoms with Crippen molar-refractivity contribution < 1.29 is 0 Å². The first-order valence-electron chi connectivity index (χ1n) is 6.29. The second kappa shape index (κ2) is 6.93. The summed E-state index contributed by atoms with van der Waals surface area (Å²) in [5.41, 5.74) is 1.39. The molecule has 0 saturated carbocycles. The predicted molar refractivity (Wildman–Crippen MR) is 80.4 cm³/mol. The van der Waals surface area contributed by atoms with Crippen molar-refractivity contribution in [2.24, 2.45) is 0 Å². The van der Waals surface area contributed by atoms with Gasteiger partial charge in [-0.15, -0.1) is 11.3 Å². The fourth-order valence-electron chi connectivity index (χ4n) is 1.95. The van der Waals surface area contributed by atoms with E-state index in [2.05, 4.69) is 48.6 Å². The number of thiophene rings is 1. The SMILES string of the molecule is CCC(Cc1ccccc1)NCc1ccc(Cl)s1. The van der Waals surface area contributed by atoms with E-state index in [1.165, 1.54) is 10.4 Å². The Labute approximate surface area is 118 Å². The van der Waals surface area contributed by atoms with Crippen LogP contribution in [0.15, 0.2) is 42.5 Å². The molecule has 0 radical (unpaired) electrons. The largest absolute Gasteiger partial charge is 0.309 e. The fraction of sp³-hybridized carbons (Fsp3) is 0.333. The molecule has 3 heteroatoms. The zero-order valence-electron chi connectivity index (χ0n) is 10.5. The molecule has 0 bridgehead atoms. The molecular weight excluding hydrogens is 262 g/mol. The van der Waals surface area contributed by atoms with Gasteiger partial charge in [-0.25, -0.2) is 0 Å². The maximum Gasteiger partial charge on any atom is 0.0931 e. The zero-order valence-corrected chi connectivity index (χ0v) is 12.1. The van der Waals surface area contributed by atoms with Gasteiger partial charge in [0.2, 0.25) is 0 Å². The summed E-state index contributed by atoms with van der Waals surface area (Å²) < 4.78 is 0.864. The molecule has 1 aromatic carbocycles. The van der Waals surface area contributed by atoms with Crippen molar-refractivity contribution in [3.8, 4) is 0 Å². The quantitative estimate of drug-likeness (QED) is 0.820. The lowest BCUT2D eigenvalue weighted by atomic mass is 10.0. The maximum absolute atomic E-state index is 5.93. The number of hydrogen-bond acceptors (Lipinski definition) is 2. The van der Waals surface area contributed by atoms with E-state index in [0.717, 1.165) is 23.7 Å². The van der Waals surface area contributed by atoms with Crippen LogP contribution in [0.3, 0.4) is 0 Å². The Bertz CT molecular complexity index is 466. The number of benzene rings is 1. The predicted octanol–water partition coefficient (Wildman–Crippen LogP) is 4.51. The van der Waals surface area contributed by atoms with Gasteiger partial charge >= 0.3 is 0 Å². The molecule has 2 rings (SSSR count). The van der Waals surface area contributed by atoms with Gasteiger partial charge in [0.15, 0.2) is 0 Å². The van der Waals surface area contributed by atoms with Crippen LogP contribution in [0, 0.1) is 0 Å². The zero-order chi connectivity index (χ0) is 12.8. The van der Waals surface area contributed by atoms with E-state index in [9.17, 15) is 0 Å². The number of nitrogens with one attached hydrogen (secondary N) is 1. The highest BCUT2D eigenvalue weighted by atomic mass is 35.5. The lowest BCUT2D eigenvalue weighted by Crippen LogP contribution is -2.29. The van der Waals surface area contributed by atoms with Gasteiger partial charge in [0.05, 0.1) is 4.34 Å². The molecule has 1 atom stereocenters. The molecule has 96 valence electrons. The molecule has 2 aromatic rings. The minimum Gasteiger partial charge on any atom is -0.309 e. The molecule has 1 unspecified atom stereocenters. The summed E-state index contributed by atoms with van der Waals surface area (Å²) in [5.74, 6) is 0. The smallest absolute Gasteiger partial charge is 0.0931 e. The number of halogens is 1. The van der Waals surface area contributed by atoms with Crippen LogP contribution in [0.2, 0.25) is 4.34 Å². The maximum atomic E-state index is 5.93. The van der Waals surface area contributed by atoms with E-state index >= 15 is 0 Å². The second-order valence-corrected chi connectivity index (χ2v) is 6.18. The van der Waals surface area contributed by atoms with Crippen LogP contribution >= 0.6 is 22.9 Å². The summed E-state index contributed by atoms with van der Waals surface area (Å²) in [6.07, 6.45) is 2.21. The summed E-state index contributed by atoms with van der Waals surface area (Å²) in [4.78, 5) is 1.30. The van der Waals surface area contributed by atoms with Crippen molar-refractivity contribution in [2.45, 2.75) is 32.4 Å². The Hall–Kier alpha value is -0.830. The van der Waals surface area contributed by atoms with Crippen molar-refractivity contribution in [2.75, 3.05) is 0 Å². The van der Waals surface area contributed by atoms with Gasteiger partial charge in [-0.3, -0.25) is 0 Å². The van der Waals surface area contributed by atoms with Crippen LogP contribution in [-0.4, -0.2) is 6.04 Å². The second-order valence-electron chi connectivity index (χ2n) is 4.38. The topological polar surface area (TPSA) is 12.0 Å².